The van der Waals surface area contributed by atoms with Gasteiger partial charge in [-0.3, -0.25) is 4.79 Å². The lowest BCUT2D eigenvalue weighted by Gasteiger charge is -2.22. The molecule has 1 saturated heterocycles. The quantitative estimate of drug-likeness (QED) is 0.352. The van der Waals surface area contributed by atoms with Crippen molar-refractivity contribution in [1.82, 2.24) is 0 Å². The topological polar surface area (TPSA) is 95.2 Å². The lowest BCUT2D eigenvalue weighted by Crippen LogP contribution is -2.36. The first kappa shape index (κ1) is 20.7. The molecule has 0 bridgehead atoms. The third-order valence-corrected chi connectivity index (χ3v) is 6.40. The van der Waals surface area contributed by atoms with Crippen molar-refractivity contribution in [3.8, 4) is 22.6 Å². The summed E-state index contributed by atoms with van der Waals surface area (Å²) < 4.78 is 11.8. The number of phenolic OH excluding ortho intramolecular Hbond substituents is 1. The summed E-state index contributed by atoms with van der Waals surface area (Å²) in [4.78, 5) is 37.0. The van der Waals surface area contributed by atoms with Gasteiger partial charge in [-0.25, -0.2) is 14.6 Å². The van der Waals surface area contributed by atoms with Crippen LogP contribution in [-0.2, 0) is 9.78 Å². The lowest BCUT2D eigenvalue weighted by molar-refractivity contribution is -0.321. The third kappa shape index (κ3) is 2.88. The molecule has 0 aliphatic carbocycles. The van der Waals surface area contributed by atoms with Gasteiger partial charge in [-0.1, -0.05) is 44.2 Å². The Kier molecular flexibility index (Phi) is 4.65. The Labute approximate surface area is 184 Å². The molecule has 166 valence electrons. The number of carbonyl (C=O) groups excluding carboxylic acids is 1. The van der Waals surface area contributed by atoms with Gasteiger partial charge in [0.05, 0.1) is 10.9 Å². The van der Waals surface area contributed by atoms with Gasteiger partial charge in [-0.2, -0.15) is 0 Å². The first-order valence-corrected chi connectivity index (χ1v) is 10.7. The Bertz CT molecular complexity index is 1290. The van der Waals surface area contributed by atoms with E-state index in [1.807, 2.05) is 51.1 Å². The van der Waals surface area contributed by atoms with Gasteiger partial charge >= 0.3 is 5.63 Å². The van der Waals surface area contributed by atoms with Crippen LogP contribution in [0.5, 0.6) is 11.5 Å². The molecule has 3 heterocycles. The average molecular weight is 436 g/mol. The van der Waals surface area contributed by atoms with E-state index in [0.717, 1.165) is 0 Å². The van der Waals surface area contributed by atoms with Gasteiger partial charge in [0.15, 0.2) is 23.6 Å². The van der Waals surface area contributed by atoms with Crippen molar-refractivity contribution < 1.29 is 28.8 Å². The fourth-order valence-electron chi connectivity index (χ4n) is 4.44. The highest BCUT2D eigenvalue weighted by atomic mass is 17.2. The Morgan fingerprint density at radius 3 is 2.62 bits per heavy atom. The number of carbonyl (C=O) groups is 1. The largest absolute Gasteiger partial charge is 0.506 e. The van der Waals surface area contributed by atoms with E-state index in [-0.39, 0.29) is 39.7 Å². The summed E-state index contributed by atoms with van der Waals surface area (Å²) in [6.07, 6.45) is -0.684. The fraction of sp³-hybridized carbons (Fsp3) is 0.360. The van der Waals surface area contributed by atoms with Crippen LogP contribution in [0.2, 0.25) is 0 Å². The molecule has 1 N–H and O–H groups in total. The van der Waals surface area contributed by atoms with Crippen LogP contribution in [0.4, 0.5) is 0 Å². The lowest BCUT2D eigenvalue weighted by atomic mass is 9.88. The van der Waals surface area contributed by atoms with Crippen LogP contribution in [0.3, 0.4) is 0 Å². The predicted octanol–water partition coefficient (Wildman–Crippen LogP) is 4.94. The van der Waals surface area contributed by atoms with Gasteiger partial charge < -0.3 is 14.3 Å². The molecule has 3 aromatic rings. The smallest absolute Gasteiger partial charge is 0.336 e. The Balaban J connectivity index is 1.91. The molecule has 1 aromatic heterocycles. The monoisotopic (exact) mass is 436 g/mol. The summed E-state index contributed by atoms with van der Waals surface area (Å²) >= 11 is 0. The average Bonchev–Trinajstić information content (AvgIpc) is 3.30. The highest BCUT2D eigenvalue weighted by Crippen LogP contribution is 2.56. The van der Waals surface area contributed by atoms with Crippen molar-refractivity contribution in [2.45, 2.75) is 51.9 Å². The number of aromatic hydroxyl groups is 1. The minimum absolute atomic E-state index is 0.0849. The summed E-state index contributed by atoms with van der Waals surface area (Å²) in [5.41, 5.74) is 0.425. The second kappa shape index (κ2) is 7.18. The standard InChI is InChI=1S/C25H24O7/c1-5-12(2)19(27)17-20(28)16-14(13-9-7-6-8-10-13)11-15(26)29-21(16)18-22(17)30-24-23(18)31-32-25(24,3)4/h6-12,23-24,28H,5H2,1-4H3. The zero-order valence-corrected chi connectivity index (χ0v) is 18.3. The Hall–Kier alpha value is -3.16. The van der Waals surface area contributed by atoms with E-state index in [2.05, 4.69) is 0 Å². The van der Waals surface area contributed by atoms with Crippen LogP contribution in [0, 0.1) is 5.92 Å². The first-order valence-electron chi connectivity index (χ1n) is 10.7. The SMILES string of the molecule is CCC(C)C(=O)c1c2c(c3oc(=O)cc(-c4ccccc4)c3c1O)C1OOC(C)(C)C1O2. The van der Waals surface area contributed by atoms with E-state index in [9.17, 15) is 14.7 Å². The summed E-state index contributed by atoms with van der Waals surface area (Å²) in [6.45, 7) is 7.34. The number of benzene rings is 2. The van der Waals surface area contributed by atoms with Crippen LogP contribution < -0.4 is 10.4 Å². The molecule has 7 nitrogen and oxygen atoms in total. The van der Waals surface area contributed by atoms with Gasteiger partial charge in [0, 0.05) is 17.5 Å². The maximum atomic E-state index is 13.4. The fourth-order valence-corrected chi connectivity index (χ4v) is 4.44. The van der Waals surface area contributed by atoms with E-state index < -0.39 is 23.4 Å². The number of fused-ring (bicyclic) bond motifs is 5. The van der Waals surface area contributed by atoms with Gasteiger partial charge in [-0.15, -0.1) is 0 Å². The maximum Gasteiger partial charge on any atom is 0.336 e. The minimum Gasteiger partial charge on any atom is -0.506 e. The third-order valence-electron chi connectivity index (χ3n) is 6.40. The molecule has 2 aromatic carbocycles. The molecule has 3 atom stereocenters. The minimum atomic E-state index is -0.806. The number of Topliss-reactive ketones (excluding diaryl/α,β-unsaturated/α-hetero) is 1. The number of hydrogen-bond donors (Lipinski definition) is 1. The summed E-state index contributed by atoms with van der Waals surface area (Å²) in [7, 11) is 0. The molecule has 2 aliphatic rings. The predicted molar refractivity (Wildman–Crippen MR) is 117 cm³/mol. The van der Waals surface area contributed by atoms with Crippen LogP contribution in [0.25, 0.3) is 22.1 Å². The molecular formula is C25H24O7. The number of ether oxygens (including phenoxy) is 1. The summed E-state index contributed by atoms with van der Waals surface area (Å²) in [6, 6.07) is 10.5. The molecule has 5 rings (SSSR count). The molecular weight excluding hydrogens is 412 g/mol. The zero-order valence-electron chi connectivity index (χ0n) is 18.3. The van der Waals surface area contributed by atoms with Crippen LogP contribution >= 0.6 is 0 Å². The van der Waals surface area contributed by atoms with Crippen molar-refractivity contribution in [1.29, 1.82) is 0 Å². The first-order chi connectivity index (χ1) is 15.2. The van der Waals surface area contributed by atoms with Gasteiger partial charge in [-0.05, 0) is 25.8 Å². The molecule has 32 heavy (non-hydrogen) atoms. The van der Waals surface area contributed by atoms with Gasteiger partial charge in [0.2, 0.25) is 0 Å². The molecule has 0 spiro atoms. The van der Waals surface area contributed by atoms with Crippen molar-refractivity contribution in [3.63, 3.8) is 0 Å². The van der Waals surface area contributed by atoms with E-state index in [1.54, 1.807) is 6.92 Å². The highest BCUT2D eigenvalue weighted by Gasteiger charge is 2.56. The second-order valence-electron chi connectivity index (χ2n) is 8.93. The molecule has 0 saturated carbocycles. The Morgan fingerprint density at radius 2 is 1.94 bits per heavy atom. The number of ketones is 1. The Morgan fingerprint density at radius 1 is 1.22 bits per heavy atom. The van der Waals surface area contributed by atoms with Crippen molar-refractivity contribution in [3.05, 3.63) is 57.9 Å². The van der Waals surface area contributed by atoms with Crippen LogP contribution in [0.15, 0.2) is 45.6 Å². The number of hydrogen-bond acceptors (Lipinski definition) is 7. The summed E-state index contributed by atoms with van der Waals surface area (Å²) in [5, 5.41) is 11.7. The number of rotatable bonds is 4. The molecule has 2 aliphatic heterocycles. The maximum absolute atomic E-state index is 13.4. The second-order valence-corrected chi connectivity index (χ2v) is 8.93. The van der Waals surface area contributed by atoms with Crippen LogP contribution in [0.1, 0.15) is 56.1 Å². The van der Waals surface area contributed by atoms with Gasteiger partial charge in [0.25, 0.3) is 0 Å². The van der Waals surface area contributed by atoms with E-state index in [4.69, 9.17) is 18.9 Å². The molecule has 7 heteroatoms. The summed E-state index contributed by atoms with van der Waals surface area (Å²) in [5.74, 6) is -0.648. The van der Waals surface area contributed by atoms with E-state index in [0.29, 0.717) is 23.1 Å². The highest BCUT2D eigenvalue weighted by molar-refractivity contribution is 6.12. The molecule has 0 radical (unpaired) electrons. The normalized spacial score (nSPS) is 21.8. The zero-order chi connectivity index (χ0) is 22.8. The molecule has 3 unspecified atom stereocenters. The van der Waals surface area contributed by atoms with Crippen molar-refractivity contribution in [2.75, 3.05) is 0 Å². The van der Waals surface area contributed by atoms with Crippen LogP contribution in [-0.4, -0.2) is 22.6 Å². The molecule has 1 fully saturated rings. The van der Waals surface area contributed by atoms with Crippen molar-refractivity contribution in [2.24, 2.45) is 5.92 Å². The van der Waals surface area contributed by atoms with E-state index in [1.165, 1.54) is 6.07 Å². The van der Waals surface area contributed by atoms with E-state index >= 15 is 0 Å². The number of phenols is 1. The molecule has 0 amide bonds. The van der Waals surface area contributed by atoms with Gasteiger partial charge in [0.1, 0.15) is 22.7 Å². The van der Waals surface area contributed by atoms with Crippen molar-refractivity contribution >= 4 is 16.8 Å².